The zero-order chi connectivity index (χ0) is 15.6. The van der Waals surface area contributed by atoms with Crippen LogP contribution in [-0.4, -0.2) is 16.0 Å². The van der Waals surface area contributed by atoms with Crippen LogP contribution in [-0.2, 0) is 6.42 Å². The largest absolute Gasteiger partial charge is 0.440 e. The molecule has 0 fully saturated rings. The maximum Gasteiger partial charge on any atom is 0.230 e. The standard InChI is InChI=1S/C16H22ClN3O/c1-6-12-15(9(2)3)21-16(20-12)11-8-18-14(17)7-13(11)19-10(4)5/h7-10H,6H2,1-5H3,(H,18,19). The molecule has 0 aliphatic rings. The Hall–Kier alpha value is -1.55. The van der Waals surface area contributed by atoms with Crippen molar-refractivity contribution in [2.24, 2.45) is 0 Å². The number of rotatable bonds is 5. The number of aryl methyl sites for hydroxylation is 1. The molecule has 0 amide bonds. The molecule has 1 N–H and O–H groups in total. The highest BCUT2D eigenvalue weighted by Crippen LogP contribution is 2.32. The second-order valence-corrected chi connectivity index (χ2v) is 6.08. The van der Waals surface area contributed by atoms with E-state index in [-0.39, 0.29) is 6.04 Å². The quantitative estimate of drug-likeness (QED) is 0.798. The zero-order valence-electron chi connectivity index (χ0n) is 13.2. The number of nitrogens with zero attached hydrogens (tertiary/aromatic N) is 2. The Morgan fingerprint density at radius 1 is 1.29 bits per heavy atom. The minimum atomic E-state index is 0.285. The zero-order valence-corrected chi connectivity index (χ0v) is 14.0. The van der Waals surface area contributed by atoms with Crippen molar-refractivity contribution < 1.29 is 4.42 Å². The first-order valence-corrected chi connectivity index (χ1v) is 7.72. The van der Waals surface area contributed by atoms with Gasteiger partial charge in [0, 0.05) is 18.2 Å². The lowest BCUT2D eigenvalue weighted by atomic mass is 10.1. The fraction of sp³-hybridized carbons (Fsp3) is 0.500. The fourth-order valence-electron chi connectivity index (χ4n) is 2.21. The summed E-state index contributed by atoms with van der Waals surface area (Å²) >= 11 is 6.00. The van der Waals surface area contributed by atoms with Crippen molar-refractivity contribution in [2.75, 3.05) is 5.32 Å². The van der Waals surface area contributed by atoms with E-state index in [1.807, 2.05) is 6.07 Å². The van der Waals surface area contributed by atoms with Crippen molar-refractivity contribution in [2.45, 2.75) is 53.0 Å². The third kappa shape index (κ3) is 3.56. The lowest BCUT2D eigenvalue weighted by Gasteiger charge is -2.13. The summed E-state index contributed by atoms with van der Waals surface area (Å²) in [5.41, 5.74) is 2.74. The van der Waals surface area contributed by atoms with E-state index in [4.69, 9.17) is 16.0 Å². The smallest absolute Gasteiger partial charge is 0.230 e. The molecule has 0 aliphatic heterocycles. The van der Waals surface area contributed by atoms with Gasteiger partial charge in [0.15, 0.2) is 0 Å². The molecular formula is C16H22ClN3O. The van der Waals surface area contributed by atoms with Crippen molar-refractivity contribution in [3.63, 3.8) is 0 Å². The number of hydrogen-bond acceptors (Lipinski definition) is 4. The Morgan fingerprint density at radius 2 is 2.00 bits per heavy atom. The van der Waals surface area contributed by atoms with Crippen LogP contribution in [0.5, 0.6) is 0 Å². The molecule has 5 heteroatoms. The molecule has 0 saturated heterocycles. The maximum atomic E-state index is 6.00. The molecule has 4 nitrogen and oxygen atoms in total. The minimum Gasteiger partial charge on any atom is -0.440 e. The molecule has 0 atom stereocenters. The fourth-order valence-corrected chi connectivity index (χ4v) is 2.37. The molecular weight excluding hydrogens is 286 g/mol. The van der Waals surface area contributed by atoms with Gasteiger partial charge in [0.25, 0.3) is 0 Å². The predicted octanol–water partition coefficient (Wildman–Crippen LogP) is 4.90. The number of hydrogen-bond donors (Lipinski definition) is 1. The van der Waals surface area contributed by atoms with E-state index < -0.39 is 0 Å². The summed E-state index contributed by atoms with van der Waals surface area (Å²) in [7, 11) is 0. The summed E-state index contributed by atoms with van der Waals surface area (Å²) < 4.78 is 5.98. The van der Waals surface area contributed by atoms with Crippen LogP contribution in [0.1, 0.15) is 52.0 Å². The van der Waals surface area contributed by atoms with Crippen LogP contribution in [0.25, 0.3) is 11.5 Å². The van der Waals surface area contributed by atoms with Gasteiger partial charge >= 0.3 is 0 Å². The average Bonchev–Trinajstić information content (AvgIpc) is 2.82. The molecule has 21 heavy (non-hydrogen) atoms. The lowest BCUT2D eigenvalue weighted by Crippen LogP contribution is -2.10. The molecule has 0 aliphatic carbocycles. The summed E-state index contributed by atoms with van der Waals surface area (Å²) in [6, 6.07) is 2.09. The monoisotopic (exact) mass is 307 g/mol. The topological polar surface area (TPSA) is 51.0 Å². The average molecular weight is 308 g/mol. The number of nitrogens with one attached hydrogen (secondary N) is 1. The van der Waals surface area contributed by atoms with E-state index in [1.54, 1.807) is 6.20 Å². The van der Waals surface area contributed by atoms with Gasteiger partial charge in [-0.1, -0.05) is 32.4 Å². The van der Waals surface area contributed by atoms with Gasteiger partial charge in [-0.2, -0.15) is 0 Å². The molecule has 2 rings (SSSR count). The van der Waals surface area contributed by atoms with Gasteiger partial charge < -0.3 is 9.73 Å². The van der Waals surface area contributed by atoms with E-state index in [1.165, 1.54) is 0 Å². The first-order chi connectivity index (χ1) is 9.92. The van der Waals surface area contributed by atoms with Crippen LogP contribution in [0.4, 0.5) is 5.69 Å². The third-order valence-corrected chi connectivity index (χ3v) is 3.34. The molecule has 0 spiro atoms. The third-order valence-electron chi connectivity index (χ3n) is 3.13. The second-order valence-electron chi connectivity index (χ2n) is 5.69. The van der Waals surface area contributed by atoms with Crippen molar-refractivity contribution in [3.8, 4) is 11.5 Å². The Balaban J connectivity index is 2.51. The molecule has 0 aromatic carbocycles. The van der Waals surface area contributed by atoms with Crippen LogP contribution < -0.4 is 5.32 Å². The SMILES string of the molecule is CCc1nc(-c2cnc(Cl)cc2NC(C)C)oc1C(C)C. The van der Waals surface area contributed by atoms with Crippen molar-refractivity contribution in [1.29, 1.82) is 0 Å². The van der Waals surface area contributed by atoms with Gasteiger partial charge in [0.2, 0.25) is 5.89 Å². The Labute approximate surface area is 130 Å². The predicted molar refractivity (Wildman–Crippen MR) is 87.0 cm³/mol. The molecule has 2 aromatic heterocycles. The normalized spacial score (nSPS) is 11.4. The summed E-state index contributed by atoms with van der Waals surface area (Å²) in [6.45, 7) is 10.4. The van der Waals surface area contributed by atoms with E-state index in [2.05, 4.69) is 49.9 Å². The Kier molecular flexibility index (Phi) is 4.88. The van der Waals surface area contributed by atoms with Crippen molar-refractivity contribution in [1.82, 2.24) is 9.97 Å². The van der Waals surface area contributed by atoms with Crippen LogP contribution >= 0.6 is 11.6 Å². The minimum absolute atomic E-state index is 0.285. The highest BCUT2D eigenvalue weighted by Gasteiger charge is 2.19. The molecule has 2 aromatic rings. The molecule has 0 bridgehead atoms. The number of halogens is 1. The van der Waals surface area contributed by atoms with E-state index in [0.29, 0.717) is 17.0 Å². The first kappa shape index (κ1) is 15.8. The van der Waals surface area contributed by atoms with Crippen molar-refractivity contribution >= 4 is 17.3 Å². The van der Waals surface area contributed by atoms with Gasteiger partial charge in [-0.3, -0.25) is 0 Å². The van der Waals surface area contributed by atoms with Crippen LogP contribution in [0.2, 0.25) is 5.15 Å². The highest BCUT2D eigenvalue weighted by atomic mass is 35.5. The summed E-state index contributed by atoms with van der Waals surface area (Å²) in [5.74, 6) is 1.85. The van der Waals surface area contributed by atoms with Gasteiger partial charge in [-0.15, -0.1) is 0 Å². The highest BCUT2D eigenvalue weighted by molar-refractivity contribution is 6.29. The Morgan fingerprint density at radius 3 is 2.52 bits per heavy atom. The number of anilines is 1. The van der Waals surface area contributed by atoms with Gasteiger partial charge in [-0.05, 0) is 26.3 Å². The molecule has 0 unspecified atom stereocenters. The van der Waals surface area contributed by atoms with Crippen molar-refractivity contribution in [3.05, 3.63) is 28.9 Å². The van der Waals surface area contributed by atoms with E-state index in [9.17, 15) is 0 Å². The summed E-state index contributed by atoms with van der Waals surface area (Å²) in [4.78, 5) is 8.79. The molecule has 0 radical (unpaired) electrons. The summed E-state index contributed by atoms with van der Waals surface area (Å²) in [6.07, 6.45) is 2.56. The van der Waals surface area contributed by atoms with Crippen LogP contribution in [0.15, 0.2) is 16.7 Å². The molecule has 0 saturated carbocycles. The van der Waals surface area contributed by atoms with E-state index in [0.717, 1.165) is 29.1 Å². The Bertz CT molecular complexity index is 620. The molecule has 2 heterocycles. The number of pyridine rings is 1. The number of aromatic nitrogens is 2. The maximum absolute atomic E-state index is 6.00. The van der Waals surface area contributed by atoms with Gasteiger partial charge in [-0.25, -0.2) is 9.97 Å². The van der Waals surface area contributed by atoms with Gasteiger partial charge in [0.1, 0.15) is 10.9 Å². The van der Waals surface area contributed by atoms with Crippen LogP contribution in [0, 0.1) is 0 Å². The summed E-state index contributed by atoms with van der Waals surface area (Å²) in [5, 5.41) is 3.82. The van der Waals surface area contributed by atoms with Crippen LogP contribution in [0.3, 0.4) is 0 Å². The lowest BCUT2D eigenvalue weighted by molar-refractivity contribution is 0.491. The second kappa shape index (κ2) is 6.48. The van der Waals surface area contributed by atoms with E-state index >= 15 is 0 Å². The first-order valence-electron chi connectivity index (χ1n) is 7.34. The van der Waals surface area contributed by atoms with Gasteiger partial charge in [0.05, 0.1) is 16.9 Å². The molecule has 114 valence electrons. The number of oxazole rings is 1.